The molecule has 0 aliphatic carbocycles. The summed E-state index contributed by atoms with van der Waals surface area (Å²) in [7, 11) is 1.57. The van der Waals surface area contributed by atoms with Gasteiger partial charge in [0, 0.05) is 22.7 Å². The third kappa shape index (κ3) is 5.74. The predicted molar refractivity (Wildman–Crippen MR) is 145 cm³/mol. The highest BCUT2D eigenvalue weighted by Crippen LogP contribution is 2.24. The van der Waals surface area contributed by atoms with Crippen molar-refractivity contribution in [2.24, 2.45) is 0 Å². The number of ether oxygens (including phenoxy) is 1. The van der Waals surface area contributed by atoms with Gasteiger partial charge in [-0.25, -0.2) is 0 Å². The van der Waals surface area contributed by atoms with Gasteiger partial charge in [-0.05, 0) is 73.0 Å². The zero-order chi connectivity index (χ0) is 25.7. The molecule has 13 heteroatoms. The van der Waals surface area contributed by atoms with Crippen molar-refractivity contribution in [2.45, 2.75) is 0 Å². The van der Waals surface area contributed by atoms with E-state index in [1.54, 1.807) is 54.1 Å². The lowest BCUT2D eigenvalue weighted by Gasteiger charge is -2.18. The molecule has 182 valence electrons. The SMILES string of the molecule is COc1ccccc1NC(=S)NNc1nc(-c2ccc([N+](=O)[O-])cc2)nc(=S)n1-c1ccc(Cl)cc1. The summed E-state index contributed by atoms with van der Waals surface area (Å²) >= 11 is 17.0. The Hall–Kier alpha value is -4.13. The maximum absolute atomic E-state index is 11.0. The standard InChI is InChI=1S/C23H18ClN7O3S2/c1-34-19-5-3-2-4-18(19)25-22(35)29-28-21-26-20(14-6-10-17(11-7-14)31(32)33)27-23(36)30(21)16-12-8-15(24)9-13-16/h2-13H,1H3,(H2,25,29,35)(H,26,27,28,36). The third-order valence-corrected chi connectivity index (χ3v) is 5.61. The summed E-state index contributed by atoms with van der Waals surface area (Å²) in [6.45, 7) is 0. The van der Waals surface area contributed by atoms with E-state index in [4.69, 9.17) is 40.8 Å². The molecule has 0 fully saturated rings. The van der Waals surface area contributed by atoms with Gasteiger partial charge >= 0.3 is 0 Å². The Morgan fingerprint density at radius 3 is 2.42 bits per heavy atom. The van der Waals surface area contributed by atoms with Crippen LogP contribution in [-0.4, -0.2) is 31.7 Å². The maximum atomic E-state index is 11.0. The molecule has 0 saturated carbocycles. The summed E-state index contributed by atoms with van der Waals surface area (Å²) in [5.41, 5.74) is 7.70. The van der Waals surface area contributed by atoms with Crippen LogP contribution in [0.1, 0.15) is 0 Å². The van der Waals surface area contributed by atoms with Crippen LogP contribution in [0.4, 0.5) is 17.3 Å². The number of aromatic nitrogens is 3. The van der Waals surface area contributed by atoms with Crippen molar-refractivity contribution in [3.05, 3.63) is 92.7 Å². The summed E-state index contributed by atoms with van der Waals surface area (Å²) in [6, 6.07) is 20.1. The normalized spacial score (nSPS) is 10.4. The molecule has 0 radical (unpaired) electrons. The molecule has 4 aromatic rings. The molecule has 10 nitrogen and oxygen atoms in total. The van der Waals surface area contributed by atoms with E-state index in [-0.39, 0.29) is 27.3 Å². The van der Waals surface area contributed by atoms with Gasteiger partial charge in [0.2, 0.25) is 10.7 Å². The van der Waals surface area contributed by atoms with Crippen molar-refractivity contribution >= 4 is 58.5 Å². The van der Waals surface area contributed by atoms with Crippen molar-refractivity contribution in [1.29, 1.82) is 0 Å². The Labute approximate surface area is 221 Å². The highest BCUT2D eigenvalue weighted by atomic mass is 35.5. The molecular formula is C23H18ClN7O3S2. The fourth-order valence-corrected chi connectivity index (χ4v) is 3.75. The fourth-order valence-electron chi connectivity index (χ4n) is 3.19. The number of nitro benzene ring substituents is 1. The molecule has 0 unspecified atom stereocenters. The number of hydrazine groups is 1. The second-order valence-corrected chi connectivity index (χ2v) is 8.38. The van der Waals surface area contributed by atoms with E-state index < -0.39 is 4.92 Å². The summed E-state index contributed by atoms with van der Waals surface area (Å²) < 4.78 is 7.12. The van der Waals surface area contributed by atoms with Gasteiger partial charge in [-0.1, -0.05) is 23.7 Å². The Morgan fingerprint density at radius 1 is 1.06 bits per heavy atom. The Morgan fingerprint density at radius 2 is 1.75 bits per heavy atom. The van der Waals surface area contributed by atoms with E-state index in [1.165, 1.54) is 12.1 Å². The average molecular weight is 540 g/mol. The van der Waals surface area contributed by atoms with Crippen LogP contribution < -0.4 is 20.9 Å². The van der Waals surface area contributed by atoms with Crippen LogP contribution >= 0.6 is 36.0 Å². The summed E-state index contributed by atoms with van der Waals surface area (Å²) in [4.78, 5) is 19.5. The number of benzene rings is 3. The van der Waals surface area contributed by atoms with E-state index >= 15 is 0 Å². The number of rotatable bonds is 7. The fraction of sp³-hybridized carbons (Fsp3) is 0.0435. The number of hydrogen-bond acceptors (Lipinski definition) is 8. The van der Waals surface area contributed by atoms with Crippen LogP contribution in [0.3, 0.4) is 0 Å². The first-order valence-corrected chi connectivity index (χ1v) is 11.5. The number of non-ortho nitro benzene ring substituents is 1. The molecule has 1 heterocycles. The molecule has 4 rings (SSSR count). The lowest BCUT2D eigenvalue weighted by atomic mass is 10.2. The first kappa shape index (κ1) is 25.0. The topological polar surface area (TPSA) is 119 Å². The number of nitrogens with zero attached hydrogens (tertiary/aromatic N) is 4. The van der Waals surface area contributed by atoms with Crippen LogP contribution in [0.2, 0.25) is 5.02 Å². The second kappa shape index (κ2) is 11.1. The molecule has 0 atom stereocenters. The molecule has 0 amide bonds. The van der Waals surface area contributed by atoms with Crippen molar-refractivity contribution in [1.82, 2.24) is 20.0 Å². The minimum Gasteiger partial charge on any atom is -0.495 e. The summed E-state index contributed by atoms with van der Waals surface area (Å²) in [6.07, 6.45) is 0. The summed E-state index contributed by atoms with van der Waals surface area (Å²) in [5, 5.41) is 14.9. The first-order chi connectivity index (χ1) is 17.4. The Balaban J connectivity index is 1.67. The smallest absolute Gasteiger partial charge is 0.269 e. The average Bonchev–Trinajstić information content (AvgIpc) is 2.88. The molecule has 0 spiro atoms. The lowest BCUT2D eigenvalue weighted by Crippen LogP contribution is -2.35. The van der Waals surface area contributed by atoms with E-state index in [2.05, 4.69) is 26.1 Å². The van der Waals surface area contributed by atoms with E-state index in [1.807, 2.05) is 18.2 Å². The summed E-state index contributed by atoms with van der Waals surface area (Å²) in [5.74, 6) is 1.16. The van der Waals surface area contributed by atoms with Crippen LogP contribution in [0, 0.1) is 14.9 Å². The zero-order valence-corrected chi connectivity index (χ0v) is 21.0. The van der Waals surface area contributed by atoms with Gasteiger partial charge in [0.1, 0.15) is 5.75 Å². The van der Waals surface area contributed by atoms with Gasteiger partial charge in [0.25, 0.3) is 5.69 Å². The minimum atomic E-state index is -0.477. The largest absolute Gasteiger partial charge is 0.495 e. The van der Waals surface area contributed by atoms with E-state index in [9.17, 15) is 10.1 Å². The number of methoxy groups -OCH3 is 1. The molecule has 0 aliphatic heterocycles. The zero-order valence-electron chi connectivity index (χ0n) is 18.6. The Kier molecular flexibility index (Phi) is 7.68. The lowest BCUT2D eigenvalue weighted by molar-refractivity contribution is -0.384. The third-order valence-electron chi connectivity index (χ3n) is 4.88. The number of hydrogen-bond donors (Lipinski definition) is 3. The van der Waals surface area contributed by atoms with Crippen LogP contribution in [-0.2, 0) is 0 Å². The van der Waals surface area contributed by atoms with Crippen LogP contribution in [0.5, 0.6) is 5.75 Å². The molecule has 0 aliphatic rings. The predicted octanol–water partition coefficient (Wildman–Crippen LogP) is 5.55. The number of halogens is 1. The van der Waals surface area contributed by atoms with Crippen molar-refractivity contribution in [3.8, 4) is 22.8 Å². The maximum Gasteiger partial charge on any atom is 0.269 e. The van der Waals surface area contributed by atoms with Gasteiger partial charge < -0.3 is 10.1 Å². The quantitative estimate of drug-likeness (QED) is 0.157. The molecular weight excluding hydrogens is 522 g/mol. The molecule has 3 N–H and O–H groups in total. The molecule has 3 aromatic carbocycles. The molecule has 36 heavy (non-hydrogen) atoms. The number of anilines is 2. The van der Waals surface area contributed by atoms with Gasteiger partial charge in [-0.15, -0.1) is 0 Å². The van der Waals surface area contributed by atoms with Crippen molar-refractivity contribution in [2.75, 3.05) is 17.9 Å². The number of nitro groups is 1. The van der Waals surface area contributed by atoms with Crippen molar-refractivity contribution in [3.63, 3.8) is 0 Å². The Bertz CT molecular complexity index is 1480. The van der Waals surface area contributed by atoms with Crippen LogP contribution in [0.15, 0.2) is 72.8 Å². The number of nitrogens with one attached hydrogen (secondary N) is 3. The van der Waals surface area contributed by atoms with Gasteiger partial charge in [-0.2, -0.15) is 9.97 Å². The van der Waals surface area contributed by atoms with Crippen molar-refractivity contribution < 1.29 is 9.66 Å². The first-order valence-electron chi connectivity index (χ1n) is 10.3. The second-order valence-electron chi connectivity index (χ2n) is 7.17. The highest BCUT2D eigenvalue weighted by Gasteiger charge is 2.14. The van der Waals surface area contributed by atoms with Gasteiger partial charge in [-0.3, -0.25) is 25.5 Å². The molecule has 1 aromatic heterocycles. The number of para-hydroxylation sites is 2. The molecule has 0 saturated heterocycles. The monoisotopic (exact) mass is 539 g/mol. The number of thiocarbonyl (C=S) groups is 1. The molecule has 0 bridgehead atoms. The van der Waals surface area contributed by atoms with Crippen LogP contribution in [0.25, 0.3) is 17.1 Å². The minimum absolute atomic E-state index is 0.0442. The highest BCUT2D eigenvalue weighted by molar-refractivity contribution is 7.80. The van der Waals surface area contributed by atoms with E-state index in [0.717, 1.165) is 0 Å². The van der Waals surface area contributed by atoms with Gasteiger partial charge in [0.15, 0.2) is 10.9 Å². The van der Waals surface area contributed by atoms with E-state index in [0.29, 0.717) is 27.7 Å². The van der Waals surface area contributed by atoms with Gasteiger partial charge in [0.05, 0.1) is 23.4 Å².